The van der Waals surface area contributed by atoms with Crippen LogP contribution in [0.5, 0.6) is 0 Å². The van der Waals surface area contributed by atoms with E-state index in [4.69, 9.17) is 23.2 Å². The van der Waals surface area contributed by atoms with Crippen LogP contribution in [0.25, 0.3) is 0 Å². The van der Waals surface area contributed by atoms with E-state index in [1.165, 1.54) is 24.5 Å². The Hall–Kier alpha value is -1.72. The summed E-state index contributed by atoms with van der Waals surface area (Å²) in [4.78, 5) is 23.2. The Morgan fingerprint density at radius 3 is 2.65 bits per heavy atom. The predicted octanol–water partition coefficient (Wildman–Crippen LogP) is 2.43. The first-order valence-electron chi connectivity index (χ1n) is 4.56. The Labute approximate surface area is 107 Å². The molecule has 17 heavy (non-hydrogen) atoms. The van der Waals surface area contributed by atoms with Gasteiger partial charge in [-0.1, -0.05) is 23.2 Å². The molecule has 0 aliphatic carbocycles. The van der Waals surface area contributed by atoms with Crippen LogP contribution in [0.4, 0.5) is 5.95 Å². The van der Waals surface area contributed by atoms with Crippen LogP contribution in [-0.2, 0) is 0 Å². The zero-order valence-electron chi connectivity index (χ0n) is 8.39. The molecule has 0 unspecified atom stereocenters. The molecular weight excluding hydrogens is 263 g/mol. The molecule has 2 heterocycles. The van der Waals surface area contributed by atoms with Gasteiger partial charge >= 0.3 is 0 Å². The molecule has 0 spiro atoms. The lowest BCUT2D eigenvalue weighted by molar-refractivity contribution is 0.102. The molecule has 1 amide bonds. The van der Waals surface area contributed by atoms with Crippen LogP contribution < -0.4 is 5.32 Å². The second-order valence-electron chi connectivity index (χ2n) is 3.02. The lowest BCUT2D eigenvalue weighted by atomic mass is 10.3. The van der Waals surface area contributed by atoms with E-state index in [0.717, 1.165) is 0 Å². The summed E-state index contributed by atoms with van der Waals surface area (Å²) in [6.45, 7) is 0. The molecule has 0 aliphatic heterocycles. The molecule has 2 aromatic heterocycles. The van der Waals surface area contributed by atoms with Crippen LogP contribution in [-0.4, -0.2) is 20.9 Å². The van der Waals surface area contributed by atoms with Gasteiger partial charge in [-0.2, -0.15) is 0 Å². The molecule has 5 nitrogen and oxygen atoms in total. The summed E-state index contributed by atoms with van der Waals surface area (Å²) < 4.78 is 0. The lowest BCUT2D eigenvalue weighted by Gasteiger charge is -2.02. The van der Waals surface area contributed by atoms with Gasteiger partial charge in [0.15, 0.2) is 0 Å². The molecule has 0 bridgehead atoms. The van der Waals surface area contributed by atoms with Gasteiger partial charge in [0.25, 0.3) is 5.91 Å². The normalized spacial score (nSPS) is 10.0. The minimum absolute atomic E-state index is 0.124. The Morgan fingerprint density at radius 2 is 2.00 bits per heavy atom. The van der Waals surface area contributed by atoms with Crippen LogP contribution in [0.15, 0.2) is 30.6 Å². The number of carbonyl (C=O) groups is 1. The third kappa shape index (κ3) is 3.12. The Balaban J connectivity index is 2.14. The SMILES string of the molecule is O=C(Nc1nccc(Cl)n1)c1ccc(Cl)cn1. The summed E-state index contributed by atoms with van der Waals surface area (Å²) in [5.74, 6) is -0.303. The molecule has 2 rings (SSSR count). The van der Waals surface area contributed by atoms with Gasteiger partial charge in [-0.25, -0.2) is 15.0 Å². The highest BCUT2D eigenvalue weighted by molar-refractivity contribution is 6.30. The van der Waals surface area contributed by atoms with E-state index < -0.39 is 5.91 Å². The van der Waals surface area contributed by atoms with E-state index in [-0.39, 0.29) is 16.8 Å². The predicted molar refractivity (Wildman–Crippen MR) is 64.2 cm³/mol. The van der Waals surface area contributed by atoms with Crippen LogP contribution in [0.3, 0.4) is 0 Å². The standard InChI is InChI=1S/C10H6Cl2N4O/c11-6-1-2-7(14-5-6)9(17)16-10-13-4-3-8(12)15-10/h1-5H,(H,13,15,16,17). The lowest BCUT2D eigenvalue weighted by Crippen LogP contribution is -2.15. The highest BCUT2D eigenvalue weighted by Gasteiger charge is 2.09. The second kappa shape index (κ2) is 5.07. The summed E-state index contributed by atoms with van der Waals surface area (Å²) in [5.41, 5.74) is 0.220. The maximum absolute atomic E-state index is 11.7. The first-order valence-corrected chi connectivity index (χ1v) is 5.32. The third-order valence-electron chi connectivity index (χ3n) is 1.81. The molecule has 86 valence electrons. The van der Waals surface area contributed by atoms with Gasteiger partial charge in [0.2, 0.25) is 5.95 Å². The maximum Gasteiger partial charge on any atom is 0.276 e. The minimum atomic E-state index is -0.427. The molecule has 1 N–H and O–H groups in total. The average Bonchev–Trinajstić information content (AvgIpc) is 2.29. The number of aromatic nitrogens is 3. The van der Waals surface area contributed by atoms with Crippen LogP contribution in [0.2, 0.25) is 10.2 Å². The molecule has 0 atom stereocenters. The highest BCUT2D eigenvalue weighted by Crippen LogP contribution is 2.09. The number of carbonyl (C=O) groups excluding carboxylic acids is 1. The van der Waals surface area contributed by atoms with E-state index in [2.05, 4.69) is 20.3 Å². The van der Waals surface area contributed by atoms with Gasteiger partial charge in [-0.15, -0.1) is 0 Å². The summed E-state index contributed by atoms with van der Waals surface area (Å²) in [6, 6.07) is 4.59. The van der Waals surface area contributed by atoms with E-state index in [0.29, 0.717) is 5.02 Å². The third-order valence-corrected chi connectivity index (χ3v) is 2.24. The Bertz CT molecular complexity index is 544. The van der Waals surface area contributed by atoms with Crippen molar-refractivity contribution in [3.63, 3.8) is 0 Å². The van der Waals surface area contributed by atoms with E-state index in [1.807, 2.05) is 0 Å². The Kier molecular flexibility index (Phi) is 3.51. The van der Waals surface area contributed by atoms with Crippen molar-refractivity contribution >= 4 is 35.1 Å². The number of amides is 1. The van der Waals surface area contributed by atoms with E-state index in [1.54, 1.807) is 6.07 Å². The second-order valence-corrected chi connectivity index (χ2v) is 3.84. The molecule has 0 aliphatic rings. The van der Waals surface area contributed by atoms with Crippen molar-refractivity contribution in [1.82, 2.24) is 15.0 Å². The maximum atomic E-state index is 11.7. The fourth-order valence-corrected chi connectivity index (χ4v) is 1.32. The van der Waals surface area contributed by atoms with Crippen molar-refractivity contribution in [2.75, 3.05) is 5.32 Å². The summed E-state index contributed by atoms with van der Waals surface area (Å²) in [6.07, 6.45) is 2.83. The zero-order chi connectivity index (χ0) is 12.3. The quantitative estimate of drug-likeness (QED) is 0.850. The number of hydrogen-bond donors (Lipinski definition) is 1. The van der Waals surface area contributed by atoms with Gasteiger partial charge in [0.05, 0.1) is 5.02 Å². The zero-order valence-corrected chi connectivity index (χ0v) is 9.90. The van der Waals surface area contributed by atoms with Gasteiger partial charge in [-0.3, -0.25) is 10.1 Å². The number of rotatable bonds is 2. The summed E-state index contributed by atoms with van der Waals surface area (Å²) in [7, 11) is 0. The monoisotopic (exact) mass is 268 g/mol. The molecule has 0 saturated heterocycles. The summed E-state index contributed by atoms with van der Waals surface area (Å²) >= 11 is 11.3. The fraction of sp³-hybridized carbons (Fsp3) is 0. The largest absolute Gasteiger partial charge is 0.289 e. The number of halogens is 2. The number of anilines is 1. The minimum Gasteiger partial charge on any atom is -0.289 e. The number of pyridine rings is 1. The van der Waals surface area contributed by atoms with Crippen LogP contribution in [0.1, 0.15) is 10.5 Å². The smallest absolute Gasteiger partial charge is 0.276 e. The van der Waals surface area contributed by atoms with Crippen LogP contribution >= 0.6 is 23.2 Å². The highest BCUT2D eigenvalue weighted by atomic mass is 35.5. The van der Waals surface area contributed by atoms with E-state index >= 15 is 0 Å². The average molecular weight is 269 g/mol. The number of hydrogen-bond acceptors (Lipinski definition) is 4. The van der Waals surface area contributed by atoms with Crippen molar-refractivity contribution in [3.8, 4) is 0 Å². The molecule has 0 fully saturated rings. The van der Waals surface area contributed by atoms with Gasteiger partial charge in [-0.05, 0) is 18.2 Å². The van der Waals surface area contributed by atoms with Crippen molar-refractivity contribution in [2.45, 2.75) is 0 Å². The van der Waals surface area contributed by atoms with Gasteiger partial charge in [0, 0.05) is 12.4 Å². The van der Waals surface area contributed by atoms with Crippen LogP contribution in [0, 0.1) is 0 Å². The number of nitrogens with one attached hydrogen (secondary N) is 1. The van der Waals surface area contributed by atoms with Crippen molar-refractivity contribution in [2.24, 2.45) is 0 Å². The molecule has 7 heteroatoms. The van der Waals surface area contributed by atoms with E-state index in [9.17, 15) is 4.79 Å². The summed E-state index contributed by atoms with van der Waals surface area (Å²) in [5, 5.41) is 3.18. The van der Waals surface area contributed by atoms with Gasteiger partial charge in [0.1, 0.15) is 10.8 Å². The van der Waals surface area contributed by atoms with Crippen molar-refractivity contribution in [3.05, 3.63) is 46.5 Å². The van der Waals surface area contributed by atoms with Crippen molar-refractivity contribution < 1.29 is 4.79 Å². The fourth-order valence-electron chi connectivity index (χ4n) is 1.07. The van der Waals surface area contributed by atoms with Crippen molar-refractivity contribution in [1.29, 1.82) is 0 Å². The molecular formula is C10H6Cl2N4O. The molecule has 0 aromatic carbocycles. The molecule has 0 radical (unpaired) electrons. The molecule has 2 aromatic rings. The first-order chi connectivity index (χ1) is 8.15. The molecule has 0 saturated carbocycles. The first kappa shape index (κ1) is 11.8. The Morgan fingerprint density at radius 1 is 1.18 bits per heavy atom. The number of nitrogens with zero attached hydrogens (tertiary/aromatic N) is 3. The van der Waals surface area contributed by atoms with Gasteiger partial charge < -0.3 is 0 Å². The topological polar surface area (TPSA) is 67.8 Å².